The number of carbonyl (C=O) groups is 1. The molecular formula is C20H31N2O3+. The average Bonchev–Trinajstić information content (AvgIpc) is 2.66. The van der Waals surface area contributed by atoms with Gasteiger partial charge in [0.15, 0.2) is 11.5 Å². The number of hydrogen-bond acceptors (Lipinski definition) is 3. The van der Waals surface area contributed by atoms with Crippen LogP contribution in [-0.4, -0.2) is 57.2 Å². The van der Waals surface area contributed by atoms with Crippen LogP contribution in [0.5, 0.6) is 11.5 Å². The van der Waals surface area contributed by atoms with Crippen LogP contribution in [0.4, 0.5) is 0 Å². The number of quaternary nitrogens is 1. The SMILES string of the molecule is COc1cccc(C(=O)N2CC[NH+]([C@@H]3CCC[C@H](C)C3)CC2)c1OC. The van der Waals surface area contributed by atoms with Gasteiger partial charge in [-0.2, -0.15) is 0 Å². The van der Waals surface area contributed by atoms with Crippen molar-refractivity contribution in [1.29, 1.82) is 0 Å². The number of carbonyl (C=O) groups excluding carboxylic acids is 1. The highest BCUT2D eigenvalue weighted by Crippen LogP contribution is 2.31. The van der Waals surface area contributed by atoms with E-state index in [1.165, 1.54) is 25.7 Å². The molecule has 1 aromatic rings. The highest BCUT2D eigenvalue weighted by Gasteiger charge is 2.33. The summed E-state index contributed by atoms with van der Waals surface area (Å²) in [6, 6.07) is 6.28. The summed E-state index contributed by atoms with van der Waals surface area (Å²) < 4.78 is 10.8. The van der Waals surface area contributed by atoms with Gasteiger partial charge in [0.25, 0.3) is 5.91 Å². The first-order valence-electron chi connectivity index (χ1n) is 9.49. The first kappa shape index (κ1) is 18.1. The van der Waals surface area contributed by atoms with Crippen molar-refractivity contribution in [2.24, 2.45) is 5.92 Å². The smallest absolute Gasteiger partial charge is 0.258 e. The van der Waals surface area contributed by atoms with Gasteiger partial charge in [-0.05, 0) is 30.9 Å². The van der Waals surface area contributed by atoms with Crippen molar-refractivity contribution < 1.29 is 19.2 Å². The summed E-state index contributed by atoms with van der Waals surface area (Å²) in [4.78, 5) is 16.6. The molecule has 1 aromatic carbocycles. The van der Waals surface area contributed by atoms with Gasteiger partial charge in [-0.1, -0.05) is 19.4 Å². The number of ether oxygens (including phenoxy) is 2. The summed E-state index contributed by atoms with van der Waals surface area (Å²) in [5, 5.41) is 0. The van der Waals surface area contributed by atoms with Gasteiger partial charge >= 0.3 is 0 Å². The Balaban J connectivity index is 1.64. The minimum Gasteiger partial charge on any atom is -0.493 e. The van der Waals surface area contributed by atoms with E-state index in [1.54, 1.807) is 19.1 Å². The van der Waals surface area contributed by atoms with Gasteiger partial charge in [0, 0.05) is 6.42 Å². The third-order valence-corrected chi connectivity index (χ3v) is 5.84. The predicted molar refractivity (Wildman–Crippen MR) is 97.6 cm³/mol. The van der Waals surface area contributed by atoms with Gasteiger partial charge in [0.2, 0.25) is 0 Å². The number of amides is 1. The van der Waals surface area contributed by atoms with Crippen molar-refractivity contribution in [2.75, 3.05) is 40.4 Å². The Labute approximate surface area is 150 Å². The van der Waals surface area contributed by atoms with E-state index in [4.69, 9.17) is 9.47 Å². The second-order valence-corrected chi connectivity index (χ2v) is 7.46. The lowest BCUT2D eigenvalue weighted by atomic mass is 9.86. The highest BCUT2D eigenvalue weighted by molar-refractivity contribution is 5.97. The molecule has 1 saturated heterocycles. The molecule has 0 unspecified atom stereocenters. The summed E-state index contributed by atoms with van der Waals surface area (Å²) in [5.41, 5.74) is 0.594. The normalized spacial score (nSPS) is 24.8. The Hall–Kier alpha value is -1.75. The minimum atomic E-state index is 0.0480. The van der Waals surface area contributed by atoms with Crippen molar-refractivity contribution >= 4 is 5.91 Å². The molecule has 2 aliphatic rings. The van der Waals surface area contributed by atoms with E-state index >= 15 is 0 Å². The highest BCUT2D eigenvalue weighted by atomic mass is 16.5. The third kappa shape index (κ3) is 3.92. The number of para-hydroxylation sites is 1. The Morgan fingerprint density at radius 1 is 1.16 bits per heavy atom. The van der Waals surface area contributed by atoms with Crippen LogP contribution in [0.2, 0.25) is 0 Å². The Morgan fingerprint density at radius 2 is 1.92 bits per heavy atom. The lowest BCUT2D eigenvalue weighted by Gasteiger charge is -2.39. The van der Waals surface area contributed by atoms with Crippen LogP contribution >= 0.6 is 0 Å². The molecule has 0 spiro atoms. The van der Waals surface area contributed by atoms with E-state index in [-0.39, 0.29) is 5.91 Å². The largest absolute Gasteiger partial charge is 0.493 e. The lowest BCUT2D eigenvalue weighted by Crippen LogP contribution is -3.18. The van der Waals surface area contributed by atoms with Crippen LogP contribution in [0.25, 0.3) is 0 Å². The second-order valence-electron chi connectivity index (χ2n) is 7.46. The van der Waals surface area contributed by atoms with Crippen molar-refractivity contribution in [2.45, 2.75) is 38.6 Å². The zero-order chi connectivity index (χ0) is 17.8. The Morgan fingerprint density at radius 3 is 2.56 bits per heavy atom. The number of piperazine rings is 1. The van der Waals surface area contributed by atoms with E-state index in [0.29, 0.717) is 17.1 Å². The molecule has 138 valence electrons. The summed E-state index contributed by atoms with van der Waals surface area (Å²) in [6.45, 7) is 6.12. The quantitative estimate of drug-likeness (QED) is 0.900. The summed E-state index contributed by atoms with van der Waals surface area (Å²) in [5.74, 6) is 2.04. The van der Waals surface area contributed by atoms with E-state index < -0.39 is 0 Å². The van der Waals surface area contributed by atoms with Crippen LogP contribution in [-0.2, 0) is 0 Å². The topological polar surface area (TPSA) is 43.2 Å². The first-order chi connectivity index (χ1) is 12.1. The molecule has 1 N–H and O–H groups in total. The zero-order valence-corrected chi connectivity index (χ0v) is 15.7. The molecule has 1 heterocycles. The molecule has 3 rings (SSSR count). The van der Waals surface area contributed by atoms with E-state index in [2.05, 4.69) is 6.92 Å². The molecule has 1 aliphatic heterocycles. The molecule has 2 atom stereocenters. The molecule has 5 heteroatoms. The number of methoxy groups -OCH3 is 2. The maximum atomic E-state index is 13.0. The Kier molecular flexibility index (Phi) is 5.84. The molecule has 1 amide bonds. The fourth-order valence-electron chi connectivity index (χ4n) is 4.44. The number of nitrogens with one attached hydrogen (secondary N) is 1. The van der Waals surface area contributed by atoms with Crippen molar-refractivity contribution in [3.8, 4) is 11.5 Å². The third-order valence-electron chi connectivity index (χ3n) is 5.84. The molecule has 1 aliphatic carbocycles. The lowest BCUT2D eigenvalue weighted by molar-refractivity contribution is -0.930. The van der Waals surface area contributed by atoms with E-state index in [0.717, 1.165) is 38.1 Å². The van der Waals surface area contributed by atoms with Gasteiger partial charge in [-0.3, -0.25) is 4.79 Å². The summed E-state index contributed by atoms with van der Waals surface area (Å²) in [7, 11) is 3.18. The van der Waals surface area contributed by atoms with Gasteiger partial charge in [-0.25, -0.2) is 0 Å². The van der Waals surface area contributed by atoms with Crippen LogP contribution < -0.4 is 14.4 Å². The van der Waals surface area contributed by atoms with Crippen molar-refractivity contribution in [3.05, 3.63) is 23.8 Å². The number of nitrogens with zero attached hydrogens (tertiary/aromatic N) is 1. The number of rotatable bonds is 4. The van der Waals surface area contributed by atoms with Crippen molar-refractivity contribution in [1.82, 2.24) is 4.90 Å². The molecular weight excluding hydrogens is 316 g/mol. The maximum absolute atomic E-state index is 13.0. The second kappa shape index (κ2) is 8.09. The van der Waals surface area contributed by atoms with Gasteiger partial charge < -0.3 is 19.3 Å². The fourth-order valence-corrected chi connectivity index (χ4v) is 4.44. The van der Waals surface area contributed by atoms with Crippen LogP contribution in [0.15, 0.2) is 18.2 Å². The first-order valence-corrected chi connectivity index (χ1v) is 9.49. The monoisotopic (exact) mass is 347 g/mol. The average molecular weight is 347 g/mol. The van der Waals surface area contributed by atoms with Crippen LogP contribution in [0.1, 0.15) is 43.0 Å². The standard InChI is InChI=1S/C20H30N2O3/c1-15-6-4-7-16(14-15)21-10-12-22(13-11-21)20(23)17-8-5-9-18(24-2)19(17)25-3/h5,8-9,15-16H,4,6-7,10-14H2,1-3H3/p+1/t15-,16+/m0/s1. The molecule has 1 saturated carbocycles. The minimum absolute atomic E-state index is 0.0480. The number of hydrogen-bond donors (Lipinski definition) is 1. The molecule has 5 nitrogen and oxygen atoms in total. The molecule has 0 radical (unpaired) electrons. The fraction of sp³-hybridized carbons (Fsp3) is 0.650. The summed E-state index contributed by atoms with van der Waals surface area (Å²) >= 11 is 0. The molecule has 25 heavy (non-hydrogen) atoms. The maximum Gasteiger partial charge on any atom is 0.258 e. The van der Waals surface area contributed by atoms with Crippen LogP contribution in [0.3, 0.4) is 0 Å². The number of benzene rings is 1. The molecule has 0 aromatic heterocycles. The zero-order valence-electron chi connectivity index (χ0n) is 15.7. The van der Waals surface area contributed by atoms with Gasteiger partial charge in [0.1, 0.15) is 0 Å². The predicted octanol–water partition coefficient (Wildman–Crippen LogP) is 1.62. The van der Waals surface area contributed by atoms with E-state index in [9.17, 15) is 4.79 Å². The van der Waals surface area contributed by atoms with Gasteiger partial charge in [0.05, 0.1) is 52.0 Å². The van der Waals surface area contributed by atoms with Gasteiger partial charge in [-0.15, -0.1) is 0 Å². The molecule has 0 bridgehead atoms. The van der Waals surface area contributed by atoms with E-state index in [1.807, 2.05) is 23.1 Å². The Bertz CT molecular complexity index is 597. The van der Waals surface area contributed by atoms with Crippen LogP contribution in [0, 0.1) is 5.92 Å². The van der Waals surface area contributed by atoms with Crippen molar-refractivity contribution in [3.63, 3.8) is 0 Å². The summed E-state index contributed by atoms with van der Waals surface area (Å²) in [6.07, 6.45) is 5.42. The molecule has 2 fully saturated rings.